The Labute approximate surface area is 133 Å². The second kappa shape index (κ2) is 7.23. The molecule has 0 unspecified atom stereocenters. The number of halogens is 1. The minimum atomic E-state index is -0.299. The fourth-order valence-corrected chi connectivity index (χ4v) is 2.28. The van der Waals surface area contributed by atoms with Crippen molar-refractivity contribution in [3.8, 4) is 11.1 Å². The molecule has 0 fully saturated rings. The topological polar surface area (TPSA) is 26.3 Å². The number of esters is 1. The highest BCUT2D eigenvalue weighted by molar-refractivity contribution is 9.10. The molecule has 0 aliphatic carbocycles. The molecule has 0 aromatic heterocycles. The van der Waals surface area contributed by atoms with Crippen LogP contribution >= 0.6 is 15.9 Å². The lowest BCUT2D eigenvalue weighted by Crippen LogP contribution is -2.00. The van der Waals surface area contributed by atoms with E-state index in [2.05, 4.69) is 40.2 Å². The molecule has 0 heterocycles. The molecule has 0 saturated carbocycles. The summed E-state index contributed by atoms with van der Waals surface area (Å²) in [4.78, 5) is 11.4. The molecule has 3 heteroatoms. The van der Waals surface area contributed by atoms with Crippen LogP contribution in [0.15, 0.2) is 59.1 Å². The second-order valence-corrected chi connectivity index (χ2v) is 5.58. The predicted octanol–water partition coefficient (Wildman–Crippen LogP) is 5.08. The Morgan fingerprint density at radius 1 is 1.05 bits per heavy atom. The van der Waals surface area contributed by atoms with Crippen LogP contribution in [0.25, 0.3) is 16.7 Å². The molecule has 0 bridgehead atoms. The molecule has 21 heavy (non-hydrogen) atoms. The third-order valence-electron chi connectivity index (χ3n) is 3.14. The van der Waals surface area contributed by atoms with Gasteiger partial charge in [0.25, 0.3) is 0 Å². The van der Waals surface area contributed by atoms with Crippen LogP contribution < -0.4 is 0 Å². The molecule has 0 atom stereocenters. The molecule has 0 spiro atoms. The van der Waals surface area contributed by atoms with Crippen LogP contribution in [-0.4, -0.2) is 12.6 Å². The van der Waals surface area contributed by atoms with Crippen molar-refractivity contribution < 1.29 is 9.53 Å². The number of benzene rings is 2. The van der Waals surface area contributed by atoms with Crippen molar-refractivity contribution in [1.82, 2.24) is 0 Å². The van der Waals surface area contributed by atoms with E-state index >= 15 is 0 Å². The van der Waals surface area contributed by atoms with Gasteiger partial charge in [0.2, 0.25) is 0 Å². The Morgan fingerprint density at radius 3 is 2.10 bits per heavy atom. The minimum absolute atomic E-state index is 0.299. The summed E-state index contributed by atoms with van der Waals surface area (Å²) in [5.41, 5.74) is 4.23. The van der Waals surface area contributed by atoms with E-state index in [1.807, 2.05) is 31.2 Å². The van der Waals surface area contributed by atoms with Crippen molar-refractivity contribution >= 4 is 27.5 Å². The second-order valence-electron chi connectivity index (χ2n) is 4.66. The van der Waals surface area contributed by atoms with Gasteiger partial charge in [-0.05, 0) is 48.2 Å². The lowest BCUT2D eigenvalue weighted by atomic mass is 10.0. The Kier molecular flexibility index (Phi) is 5.34. The highest BCUT2D eigenvalue weighted by atomic mass is 79.9. The molecule has 0 amide bonds. The van der Waals surface area contributed by atoms with Gasteiger partial charge in [0.1, 0.15) is 0 Å². The van der Waals surface area contributed by atoms with Gasteiger partial charge in [-0.2, -0.15) is 0 Å². The van der Waals surface area contributed by atoms with E-state index in [4.69, 9.17) is 4.74 Å². The SMILES string of the molecule is CCOC(=O)/C=C(/C)c1ccc(-c2ccc(Br)cc2)cc1. The standard InChI is InChI=1S/C18H17BrO2/c1-3-21-18(20)12-13(2)14-4-6-15(7-5-14)16-8-10-17(19)11-9-16/h4-12H,3H2,1-2H3/b13-12-. The van der Waals surface area contributed by atoms with Crippen molar-refractivity contribution in [3.05, 3.63) is 64.6 Å². The van der Waals surface area contributed by atoms with E-state index in [-0.39, 0.29) is 5.97 Å². The molecule has 2 aromatic rings. The minimum Gasteiger partial charge on any atom is -0.463 e. The highest BCUT2D eigenvalue weighted by Gasteiger charge is 2.02. The molecule has 0 saturated heterocycles. The molecule has 0 aliphatic rings. The van der Waals surface area contributed by atoms with E-state index in [0.29, 0.717) is 6.61 Å². The van der Waals surface area contributed by atoms with Crippen molar-refractivity contribution in [1.29, 1.82) is 0 Å². The van der Waals surface area contributed by atoms with E-state index in [1.54, 1.807) is 6.92 Å². The summed E-state index contributed by atoms with van der Waals surface area (Å²) in [5.74, 6) is -0.299. The number of rotatable bonds is 4. The van der Waals surface area contributed by atoms with Crippen LogP contribution in [0.4, 0.5) is 0 Å². The Morgan fingerprint density at radius 2 is 1.57 bits per heavy atom. The summed E-state index contributed by atoms with van der Waals surface area (Å²) in [6, 6.07) is 16.3. The average Bonchev–Trinajstić information content (AvgIpc) is 2.48. The maximum absolute atomic E-state index is 11.4. The molecule has 0 aliphatic heterocycles. The summed E-state index contributed by atoms with van der Waals surface area (Å²) < 4.78 is 5.98. The molecule has 2 aromatic carbocycles. The summed E-state index contributed by atoms with van der Waals surface area (Å²) in [6.07, 6.45) is 1.53. The van der Waals surface area contributed by atoms with E-state index in [1.165, 1.54) is 6.08 Å². The highest BCUT2D eigenvalue weighted by Crippen LogP contribution is 2.24. The maximum atomic E-state index is 11.4. The largest absolute Gasteiger partial charge is 0.463 e. The smallest absolute Gasteiger partial charge is 0.331 e. The van der Waals surface area contributed by atoms with Crippen molar-refractivity contribution in [2.24, 2.45) is 0 Å². The van der Waals surface area contributed by atoms with E-state index < -0.39 is 0 Å². The number of ether oxygens (including phenoxy) is 1. The Bertz CT molecular complexity index is 640. The molecule has 0 radical (unpaired) electrons. The van der Waals surface area contributed by atoms with Gasteiger partial charge in [-0.25, -0.2) is 4.79 Å². The van der Waals surface area contributed by atoms with Gasteiger partial charge in [-0.15, -0.1) is 0 Å². The Balaban J connectivity index is 2.19. The molecular weight excluding hydrogens is 328 g/mol. The van der Waals surface area contributed by atoms with Gasteiger partial charge >= 0.3 is 5.97 Å². The van der Waals surface area contributed by atoms with Crippen LogP contribution in [0.1, 0.15) is 19.4 Å². The predicted molar refractivity (Wildman–Crippen MR) is 89.9 cm³/mol. The van der Waals surface area contributed by atoms with Crippen LogP contribution in [0.3, 0.4) is 0 Å². The molecule has 2 nitrogen and oxygen atoms in total. The Hall–Kier alpha value is -1.87. The van der Waals surface area contributed by atoms with E-state index in [0.717, 1.165) is 26.7 Å². The van der Waals surface area contributed by atoms with E-state index in [9.17, 15) is 4.79 Å². The van der Waals surface area contributed by atoms with Gasteiger partial charge in [0, 0.05) is 10.5 Å². The number of allylic oxidation sites excluding steroid dienone is 1. The number of hydrogen-bond acceptors (Lipinski definition) is 2. The lowest BCUT2D eigenvalue weighted by Gasteiger charge is -2.05. The van der Waals surface area contributed by atoms with Gasteiger partial charge in [0.15, 0.2) is 0 Å². The van der Waals surface area contributed by atoms with Gasteiger partial charge in [-0.1, -0.05) is 52.3 Å². The first-order valence-corrected chi connectivity index (χ1v) is 7.61. The zero-order valence-electron chi connectivity index (χ0n) is 12.1. The third kappa shape index (κ3) is 4.30. The van der Waals surface area contributed by atoms with Crippen LogP contribution in [0.2, 0.25) is 0 Å². The first-order valence-electron chi connectivity index (χ1n) is 6.81. The quantitative estimate of drug-likeness (QED) is 0.570. The first kappa shape index (κ1) is 15.5. The maximum Gasteiger partial charge on any atom is 0.331 e. The fraction of sp³-hybridized carbons (Fsp3) is 0.167. The summed E-state index contributed by atoms with van der Waals surface area (Å²) in [6.45, 7) is 4.10. The van der Waals surface area contributed by atoms with Gasteiger partial charge in [-0.3, -0.25) is 0 Å². The van der Waals surface area contributed by atoms with Gasteiger partial charge < -0.3 is 4.74 Å². The van der Waals surface area contributed by atoms with Gasteiger partial charge in [0.05, 0.1) is 6.61 Å². The lowest BCUT2D eigenvalue weighted by molar-refractivity contribution is -0.137. The molecular formula is C18H17BrO2. The molecule has 2 rings (SSSR count). The van der Waals surface area contributed by atoms with Crippen LogP contribution in [0, 0.1) is 0 Å². The van der Waals surface area contributed by atoms with Crippen LogP contribution in [0.5, 0.6) is 0 Å². The monoisotopic (exact) mass is 344 g/mol. The van der Waals surface area contributed by atoms with Crippen molar-refractivity contribution in [3.63, 3.8) is 0 Å². The first-order chi connectivity index (χ1) is 10.1. The fourth-order valence-electron chi connectivity index (χ4n) is 2.01. The zero-order chi connectivity index (χ0) is 15.2. The van der Waals surface area contributed by atoms with Crippen molar-refractivity contribution in [2.45, 2.75) is 13.8 Å². The summed E-state index contributed by atoms with van der Waals surface area (Å²) in [7, 11) is 0. The summed E-state index contributed by atoms with van der Waals surface area (Å²) in [5, 5.41) is 0. The average molecular weight is 345 g/mol. The number of hydrogen-bond donors (Lipinski definition) is 0. The molecule has 108 valence electrons. The number of carbonyl (C=O) groups excluding carboxylic acids is 1. The number of carbonyl (C=O) groups is 1. The van der Waals surface area contributed by atoms with Crippen LogP contribution in [-0.2, 0) is 9.53 Å². The van der Waals surface area contributed by atoms with Crippen molar-refractivity contribution in [2.75, 3.05) is 6.61 Å². The molecule has 0 N–H and O–H groups in total. The normalized spacial score (nSPS) is 11.3. The summed E-state index contributed by atoms with van der Waals surface area (Å²) >= 11 is 3.43. The third-order valence-corrected chi connectivity index (χ3v) is 3.67. The zero-order valence-corrected chi connectivity index (χ0v) is 13.7.